The van der Waals surface area contributed by atoms with Crippen molar-refractivity contribution in [3.63, 3.8) is 0 Å². The van der Waals surface area contributed by atoms with Crippen LogP contribution in [0.25, 0.3) is 0 Å². The minimum Gasteiger partial charge on any atom is -0.299 e. The standard InChI is InChI=1S/C18H21N3O/c1-12(2)13-3-5-15(6-4-13)20-21-18(22)17-11-16(17)14-7-9-19-10-8-14/h3-10,12,16-17,20H,11H2,1-2H3,(H,21,22)/t16-,17+/m0/s1. The average Bonchev–Trinajstić information content (AvgIpc) is 3.34. The van der Waals surface area contributed by atoms with Gasteiger partial charge in [-0.1, -0.05) is 26.0 Å². The van der Waals surface area contributed by atoms with Gasteiger partial charge < -0.3 is 0 Å². The van der Waals surface area contributed by atoms with Crippen molar-refractivity contribution in [3.05, 3.63) is 59.9 Å². The van der Waals surface area contributed by atoms with Gasteiger partial charge in [0, 0.05) is 18.3 Å². The number of nitrogens with one attached hydrogen (secondary N) is 2. The van der Waals surface area contributed by atoms with Gasteiger partial charge in [0.2, 0.25) is 5.91 Å². The highest BCUT2D eigenvalue weighted by Gasteiger charge is 2.43. The maximum Gasteiger partial charge on any atom is 0.242 e. The van der Waals surface area contributed by atoms with Gasteiger partial charge in [0.05, 0.1) is 5.69 Å². The van der Waals surface area contributed by atoms with Gasteiger partial charge in [-0.25, -0.2) is 0 Å². The Morgan fingerprint density at radius 2 is 1.82 bits per heavy atom. The molecule has 1 aliphatic carbocycles. The van der Waals surface area contributed by atoms with Gasteiger partial charge in [-0.15, -0.1) is 0 Å². The molecule has 0 saturated heterocycles. The first-order chi connectivity index (χ1) is 10.6. The van der Waals surface area contributed by atoms with Crippen molar-refractivity contribution in [2.45, 2.75) is 32.1 Å². The van der Waals surface area contributed by atoms with Crippen LogP contribution in [-0.4, -0.2) is 10.9 Å². The Labute approximate surface area is 130 Å². The average molecular weight is 295 g/mol. The largest absolute Gasteiger partial charge is 0.299 e. The molecule has 1 fully saturated rings. The summed E-state index contributed by atoms with van der Waals surface area (Å²) < 4.78 is 0. The van der Waals surface area contributed by atoms with E-state index in [1.807, 2.05) is 24.3 Å². The molecule has 0 radical (unpaired) electrons. The van der Waals surface area contributed by atoms with Gasteiger partial charge in [0.1, 0.15) is 0 Å². The van der Waals surface area contributed by atoms with Crippen LogP contribution >= 0.6 is 0 Å². The van der Waals surface area contributed by atoms with E-state index < -0.39 is 0 Å². The third-order valence-electron chi connectivity index (χ3n) is 4.17. The molecule has 1 heterocycles. The van der Waals surface area contributed by atoms with Crippen molar-refractivity contribution < 1.29 is 4.79 Å². The Morgan fingerprint density at radius 1 is 1.14 bits per heavy atom. The second kappa shape index (κ2) is 6.18. The molecule has 4 nitrogen and oxygen atoms in total. The molecular weight excluding hydrogens is 274 g/mol. The van der Waals surface area contributed by atoms with E-state index in [4.69, 9.17) is 0 Å². The Balaban J connectivity index is 1.51. The van der Waals surface area contributed by atoms with Crippen LogP contribution in [-0.2, 0) is 4.79 Å². The molecule has 0 bridgehead atoms. The molecule has 1 aromatic heterocycles. The Bertz CT molecular complexity index is 637. The Morgan fingerprint density at radius 3 is 2.45 bits per heavy atom. The molecule has 114 valence electrons. The number of hydrazine groups is 1. The van der Waals surface area contributed by atoms with Crippen molar-refractivity contribution >= 4 is 11.6 Å². The number of pyridine rings is 1. The lowest BCUT2D eigenvalue weighted by Gasteiger charge is -2.10. The SMILES string of the molecule is CC(C)c1ccc(NNC(=O)[C@@H]2C[C@H]2c2ccncc2)cc1. The highest BCUT2D eigenvalue weighted by atomic mass is 16.2. The van der Waals surface area contributed by atoms with Crippen LogP contribution < -0.4 is 10.9 Å². The quantitative estimate of drug-likeness (QED) is 0.831. The summed E-state index contributed by atoms with van der Waals surface area (Å²) in [7, 11) is 0. The molecule has 0 spiro atoms. The third kappa shape index (κ3) is 3.27. The summed E-state index contributed by atoms with van der Waals surface area (Å²) in [4.78, 5) is 16.2. The van der Waals surface area contributed by atoms with E-state index in [9.17, 15) is 4.79 Å². The molecule has 2 aromatic rings. The number of nitrogens with zero attached hydrogens (tertiary/aromatic N) is 1. The second-order valence-electron chi connectivity index (χ2n) is 6.12. The van der Waals surface area contributed by atoms with Gasteiger partial charge >= 0.3 is 0 Å². The monoisotopic (exact) mass is 295 g/mol. The van der Waals surface area contributed by atoms with Gasteiger partial charge in [0.15, 0.2) is 0 Å². The van der Waals surface area contributed by atoms with E-state index in [1.165, 1.54) is 11.1 Å². The summed E-state index contributed by atoms with van der Waals surface area (Å²) in [6.07, 6.45) is 4.46. The van der Waals surface area contributed by atoms with Crippen LogP contribution in [0.5, 0.6) is 0 Å². The lowest BCUT2D eigenvalue weighted by Crippen LogP contribution is -2.31. The summed E-state index contributed by atoms with van der Waals surface area (Å²) in [6, 6.07) is 12.1. The fourth-order valence-electron chi connectivity index (χ4n) is 2.64. The molecule has 0 unspecified atom stereocenters. The lowest BCUT2D eigenvalue weighted by atomic mass is 10.0. The fourth-order valence-corrected chi connectivity index (χ4v) is 2.64. The highest BCUT2D eigenvalue weighted by Crippen LogP contribution is 2.47. The number of hydrogen-bond acceptors (Lipinski definition) is 3. The number of carbonyl (C=O) groups is 1. The number of amides is 1. The molecule has 3 rings (SSSR count). The lowest BCUT2D eigenvalue weighted by molar-refractivity contribution is -0.121. The van der Waals surface area contributed by atoms with Gasteiger partial charge in [-0.2, -0.15) is 0 Å². The summed E-state index contributed by atoms with van der Waals surface area (Å²) in [5, 5.41) is 0. The van der Waals surface area contributed by atoms with E-state index in [-0.39, 0.29) is 11.8 Å². The van der Waals surface area contributed by atoms with Crippen LogP contribution in [0.1, 0.15) is 43.2 Å². The predicted molar refractivity (Wildman–Crippen MR) is 87.4 cm³/mol. The normalized spacial score (nSPS) is 19.8. The minimum absolute atomic E-state index is 0.0507. The highest BCUT2D eigenvalue weighted by molar-refractivity contribution is 5.83. The zero-order valence-electron chi connectivity index (χ0n) is 12.9. The molecule has 1 saturated carbocycles. The number of anilines is 1. The van der Waals surface area contributed by atoms with Gasteiger partial charge in [-0.3, -0.25) is 20.6 Å². The van der Waals surface area contributed by atoms with E-state index in [1.54, 1.807) is 12.4 Å². The molecule has 22 heavy (non-hydrogen) atoms. The predicted octanol–water partition coefficient (Wildman–Crippen LogP) is 3.45. The number of carbonyl (C=O) groups excluding carboxylic acids is 1. The molecule has 0 aliphatic heterocycles. The second-order valence-corrected chi connectivity index (χ2v) is 6.12. The summed E-state index contributed by atoms with van der Waals surface area (Å²) in [5.41, 5.74) is 9.18. The first kappa shape index (κ1) is 14.6. The van der Waals surface area contributed by atoms with Crippen LogP contribution in [0.4, 0.5) is 5.69 Å². The minimum atomic E-state index is 0.0507. The maximum atomic E-state index is 12.1. The maximum absolute atomic E-state index is 12.1. The molecule has 1 amide bonds. The number of aromatic nitrogens is 1. The van der Waals surface area contributed by atoms with Crippen LogP contribution in [0.15, 0.2) is 48.8 Å². The smallest absolute Gasteiger partial charge is 0.242 e. The molecule has 4 heteroatoms. The molecule has 2 atom stereocenters. The molecule has 2 N–H and O–H groups in total. The number of benzene rings is 1. The van der Waals surface area contributed by atoms with E-state index in [2.05, 4.69) is 41.8 Å². The number of hydrogen-bond donors (Lipinski definition) is 2. The first-order valence-corrected chi connectivity index (χ1v) is 7.71. The molecular formula is C18H21N3O. The van der Waals surface area contributed by atoms with E-state index in [0.717, 1.165) is 12.1 Å². The van der Waals surface area contributed by atoms with E-state index >= 15 is 0 Å². The molecule has 1 aromatic carbocycles. The van der Waals surface area contributed by atoms with Gasteiger partial charge in [-0.05, 0) is 53.6 Å². The zero-order valence-corrected chi connectivity index (χ0v) is 12.9. The van der Waals surface area contributed by atoms with Gasteiger partial charge in [0.25, 0.3) is 0 Å². The Kier molecular flexibility index (Phi) is 4.09. The van der Waals surface area contributed by atoms with Crippen molar-refractivity contribution in [1.82, 2.24) is 10.4 Å². The number of rotatable bonds is 5. The first-order valence-electron chi connectivity index (χ1n) is 7.71. The van der Waals surface area contributed by atoms with Crippen molar-refractivity contribution in [2.24, 2.45) is 5.92 Å². The van der Waals surface area contributed by atoms with Crippen LogP contribution in [0.2, 0.25) is 0 Å². The topological polar surface area (TPSA) is 54.0 Å². The zero-order chi connectivity index (χ0) is 15.5. The van der Waals surface area contributed by atoms with Crippen LogP contribution in [0, 0.1) is 5.92 Å². The van der Waals surface area contributed by atoms with Crippen molar-refractivity contribution in [1.29, 1.82) is 0 Å². The van der Waals surface area contributed by atoms with E-state index in [0.29, 0.717) is 11.8 Å². The summed E-state index contributed by atoms with van der Waals surface area (Å²) in [5.74, 6) is 0.948. The van der Waals surface area contributed by atoms with Crippen molar-refractivity contribution in [2.75, 3.05) is 5.43 Å². The summed E-state index contributed by atoms with van der Waals surface area (Å²) in [6.45, 7) is 4.33. The third-order valence-corrected chi connectivity index (χ3v) is 4.17. The Hall–Kier alpha value is -2.36. The van der Waals surface area contributed by atoms with Crippen LogP contribution in [0.3, 0.4) is 0 Å². The van der Waals surface area contributed by atoms with Crippen molar-refractivity contribution in [3.8, 4) is 0 Å². The molecule has 1 aliphatic rings. The fraction of sp³-hybridized carbons (Fsp3) is 0.333. The summed E-state index contributed by atoms with van der Waals surface area (Å²) >= 11 is 0.